The van der Waals surface area contributed by atoms with Gasteiger partial charge in [-0.05, 0) is 17.9 Å². The first kappa shape index (κ1) is 9.65. The maximum absolute atomic E-state index is 11.0. The lowest BCUT2D eigenvalue weighted by molar-refractivity contribution is -0.383. The lowest BCUT2D eigenvalue weighted by atomic mass is 10.0. The van der Waals surface area contributed by atoms with Crippen LogP contribution in [0.1, 0.15) is 12.5 Å². The van der Waals surface area contributed by atoms with Crippen LogP contribution in [-0.2, 0) is 6.42 Å². The van der Waals surface area contributed by atoms with E-state index >= 15 is 0 Å². The van der Waals surface area contributed by atoms with Gasteiger partial charge in [-0.1, -0.05) is 37.3 Å². The standard InChI is InChI=1S/C12H11NO2/c1-2-9-7-8-10-5-3-4-6-11(10)12(9)13(14)15/h3-8H,2H2,1H3. The highest BCUT2D eigenvalue weighted by Gasteiger charge is 2.16. The minimum Gasteiger partial charge on any atom is -0.258 e. The van der Waals surface area contributed by atoms with Crippen LogP contribution in [0, 0.1) is 10.1 Å². The summed E-state index contributed by atoms with van der Waals surface area (Å²) >= 11 is 0. The molecule has 0 saturated heterocycles. The zero-order valence-corrected chi connectivity index (χ0v) is 8.43. The van der Waals surface area contributed by atoms with Crippen LogP contribution in [0.5, 0.6) is 0 Å². The van der Waals surface area contributed by atoms with Gasteiger partial charge < -0.3 is 0 Å². The lowest BCUT2D eigenvalue weighted by Gasteiger charge is -2.03. The Hall–Kier alpha value is -1.90. The molecule has 0 fully saturated rings. The molecule has 3 nitrogen and oxygen atoms in total. The molecule has 0 radical (unpaired) electrons. The fourth-order valence-corrected chi connectivity index (χ4v) is 1.80. The van der Waals surface area contributed by atoms with Gasteiger partial charge in [-0.2, -0.15) is 0 Å². The predicted molar refractivity (Wildman–Crippen MR) is 60.0 cm³/mol. The van der Waals surface area contributed by atoms with Gasteiger partial charge in [-0.25, -0.2) is 0 Å². The van der Waals surface area contributed by atoms with E-state index in [1.807, 2.05) is 37.3 Å². The molecular weight excluding hydrogens is 190 g/mol. The first-order valence-corrected chi connectivity index (χ1v) is 4.89. The third-order valence-corrected chi connectivity index (χ3v) is 2.55. The number of aryl methyl sites for hydroxylation is 1. The Balaban J connectivity index is 2.85. The molecule has 0 atom stereocenters. The Morgan fingerprint density at radius 3 is 2.60 bits per heavy atom. The summed E-state index contributed by atoms with van der Waals surface area (Å²) in [5.74, 6) is 0. The highest BCUT2D eigenvalue weighted by molar-refractivity contribution is 5.92. The summed E-state index contributed by atoms with van der Waals surface area (Å²) in [6.07, 6.45) is 0.682. The molecular formula is C12H11NO2. The molecule has 0 saturated carbocycles. The summed E-state index contributed by atoms with van der Waals surface area (Å²) in [7, 11) is 0. The molecule has 76 valence electrons. The van der Waals surface area contributed by atoms with Crippen LogP contribution in [0.4, 0.5) is 5.69 Å². The first-order chi connectivity index (χ1) is 7.24. The van der Waals surface area contributed by atoms with Crippen molar-refractivity contribution in [2.45, 2.75) is 13.3 Å². The molecule has 0 amide bonds. The largest absolute Gasteiger partial charge is 0.280 e. The molecule has 0 aliphatic carbocycles. The van der Waals surface area contributed by atoms with Gasteiger partial charge in [0.1, 0.15) is 0 Å². The molecule has 3 heteroatoms. The maximum atomic E-state index is 11.0. The van der Waals surface area contributed by atoms with E-state index in [9.17, 15) is 10.1 Å². The average Bonchev–Trinajstić information content (AvgIpc) is 2.27. The smallest absolute Gasteiger partial charge is 0.258 e. The van der Waals surface area contributed by atoms with Crippen LogP contribution < -0.4 is 0 Å². The van der Waals surface area contributed by atoms with Gasteiger partial charge in [-0.3, -0.25) is 10.1 Å². The van der Waals surface area contributed by atoms with Crippen molar-refractivity contribution in [3.8, 4) is 0 Å². The van der Waals surface area contributed by atoms with Gasteiger partial charge in [0.05, 0.1) is 10.3 Å². The Labute approximate surface area is 87.5 Å². The summed E-state index contributed by atoms with van der Waals surface area (Å²) < 4.78 is 0. The zero-order chi connectivity index (χ0) is 10.8. The number of fused-ring (bicyclic) bond motifs is 1. The van der Waals surface area contributed by atoms with E-state index < -0.39 is 0 Å². The molecule has 2 rings (SSSR count). The third kappa shape index (κ3) is 1.56. The molecule has 2 aromatic rings. The summed E-state index contributed by atoms with van der Waals surface area (Å²) in [5, 5.41) is 12.6. The predicted octanol–water partition coefficient (Wildman–Crippen LogP) is 3.31. The van der Waals surface area contributed by atoms with E-state index in [-0.39, 0.29) is 10.6 Å². The zero-order valence-electron chi connectivity index (χ0n) is 8.43. The summed E-state index contributed by atoms with van der Waals surface area (Å²) in [5.41, 5.74) is 1.04. The molecule has 0 unspecified atom stereocenters. The Morgan fingerprint density at radius 1 is 1.20 bits per heavy atom. The van der Waals surface area contributed by atoms with Crippen LogP contribution in [0.2, 0.25) is 0 Å². The first-order valence-electron chi connectivity index (χ1n) is 4.89. The summed E-state index contributed by atoms with van der Waals surface area (Å²) in [6.45, 7) is 1.93. The number of benzene rings is 2. The minimum absolute atomic E-state index is 0.246. The fraction of sp³-hybridized carbons (Fsp3) is 0.167. The number of hydrogen-bond donors (Lipinski definition) is 0. The van der Waals surface area contributed by atoms with Crippen molar-refractivity contribution < 1.29 is 4.92 Å². The van der Waals surface area contributed by atoms with Gasteiger partial charge in [0.2, 0.25) is 0 Å². The van der Waals surface area contributed by atoms with Gasteiger partial charge in [-0.15, -0.1) is 0 Å². The third-order valence-electron chi connectivity index (χ3n) is 2.55. The molecule has 0 aliphatic rings. The number of nitro groups is 1. The highest BCUT2D eigenvalue weighted by Crippen LogP contribution is 2.29. The minimum atomic E-state index is -0.291. The Morgan fingerprint density at radius 2 is 1.93 bits per heavy atom. The fourth-order valence-electron chi connectivity index (χ4n) is 1.80. The molecule has 0 aromatic heterocycles. The monoisotopic (exact) mass is 201 g/mol. The van der Waals surface area contributed by atoms with E-state index in [0.717, 1.165) is 16.3 Å². The van der Waals surface area contributed by atoms with Gasteiger partial charge in [0, 0.05) is 5.56 Å². The summed E-state index contributed by atoms with van der Waals surface area (Å²) in [4.78, 5) is 10.7. The molecule has 0 heterocycles. The van der Waals surface area contributed by atoms with Crippen molar-refractivity contribution in [1.29, 1.82) is 0 Å². The van der Waals surface area contributed by atoms with Crippen molar-refractivity contribution in [2.24, 2.45) is 0 Å². The number of nitrogens with zero attached hydrogens (tertiary/aromatic N) is 1. The normalized spacial score (nSPS) is 10.5. The van der Waals surface area contributed by atoms with Crippen LogP contribution in [0.15, 0.2) is 36.4 Å². The van der Waals surface area contributed by atoms with Crippen molar-refractivity contribution in [3.63, 3.8) is 0 Å². The van der Waals surface area contributed by atoms with E-state index in [2.05, 4.69) is 0 Å². The second kappa shape index (κ2) is 3.69. The Kier molecular flexibility index (Phi) is 2.37. The number of rotatable bonds is 2. The van der Waals surface area contributed by atoms with E-state index in [1.165, 1.54) is 0 Å². The van der Waals surface area contributed by atoms with Gasteiger partial charge >= 0.3 is 0 Å². The number of hydrogen-bond acceptors (Lipinski definition) is 2. The molecule has 0 N–H and O–H groups in total. The summed E-state index contributed by atoms with van der Waals surface area (Å²) in [6, 6.07) is 11.2. The quantitative estimate of drug-likeness (QED) is 0.552. The van der Waals surface area contributed by atoms with Crippen molar-refractivity contribution >= 4 is 16.5 Å². The van der Waals surface area contributed by atoms with E-state index in [1.54, 1.807) is 6.07 Å². The van der Waals surface area contributed by atoms with Gasteiger partial charge in [0.15, 0.2) is 0 Å². The Bertz CT molecular complexity index is 520. The van der Waals surface area contributed by atoms with Gasteiger partial charge in [0.25, 0.3) is 5.69 Å². The lowest BCUT2D eigenvalue weighted by Crippen LogP contribution is -1.95. The highest BCUT2D eigenvalue weighted by atomic mass is 16.6. The molecule has 0 bridgehead atoms. The van der Waals surface area contributed by atoms with Crippen molar-refractivity contribution in [1.82, 2.24) is 0 Å². The topological polar surface area (TPSA) is 43.1 Å². The molecule has 2 aromatic carbocycles. The molecule has 0 spiro atoms. The average molecular weight is 201 g/mol. The van der Waals surface area contributed by atoms with Crippen LogP contribution in [-0.4, -0.2) is 4.92 Å². The van der Waals surface area contributed by atoms with Crippen LogP contribution in [0.25, 0.3) is 10.8 Å². The van der Waals surface area contributed by atoms with Crippen LogP contribution >= 0.6 is 0 Å². The van der Waals surface area contributed by atoms with Crippen molar-refractivity contribution in [3.05, 3.63) is 52.1 Å². The van der Waals surface area contributed by atoms with E-state index in [0.29, 0.717) is 6.42 Å². The van der Waals surface area contributed by atoms with Crippen LogP contribution in [0.3, 0.4) is 0 Å². The second-order valence-electron chi connectivity index (χ2n) is 3.41. The SMILES string of the molecule is CCc1ccc2ccccc2c1[N+](=O)[O-]. The second-order valence-corrected chi connectivity index (χ2v) is 3.41. The van der Waals surface area contributed by atoms with E-state index in [4.69, 9.17) is 0 Å². The number of nitro benzene ring substituents is 1. The molecule has 15 heavy (non-hydrogen) atoms. The molecule has 0 aliphatic heterocycles. The maximum Gasteiger partial charge on any atom is 0.280 e. The van der Waals surface area contributed by atoms with Crippen molar-refractivity contribution in [2.75, 3.05) is 0 Å².